The van der Waals surface area contributed by atoms with Gasteiger partial charge in [-0.2, -0.15) is 5.26 Å². The van der Waals surface area contributed by atoms with Gasteiger partial charge in [-0.25, -0.2) is 3.11 Å². The summed E-state index contributed by atoms with van der Waals surface area (Å²) in [5, 5.41) is 8.71. The van der Waals surface area contributed by atoms with E-state index in [4.69, 9.17) is 5.26 Å². The number of nitrogens with zero attached hydrogens (tertiary/aromatic N) is 3. The lowest BCUT2D eigenvalue weighted by Gasteiger charge is -2.41. The van der Waals surface area contributed by atoms with Crippen LogP contribution in [0.3, 0.4) is 0 Å². The molecule has 0 aromatic heterocycles. The minimum Gasteiger partial charge on any atom is -0.332 e. The highest BCUT2D eigenvalue weighted by Crippen LogP contribution is 2.20. The highest BCUT2D eigenvalue weighted by atomic mass is 127. The normalized spacial score (nSPS) is 27.1. The second-order valence-electron chi connectivity index (χ2n) is 3.64. The van der Waals surface area contributed by atoms with Gasteiger partial charge in [0.15, 0.2) is 0 Å². The average molecular weight is 319 g/mol. The molecule has 1 aliphatic heterocycles. The smallest absolute Gasteiger partial charge is 0.246 e. The van der Waals surface area contributed by atoms with Crippen molar-refractivity contribution < 1.29 is 4.79 Å². The van der Waals surface area contributed by atoms with Gasteiger partial charge in [-0.05, 0) is 13.0 Å². The Morgan fingerprint density at radius 2 is 2.40 bits per heavy atom. The number of hydrogen-bond donors (Lipinski definition) is 0. The number of carbonyl (C=O) groups excluding carboxylic acids is 1. The fraction of sp³-hybridized carbons (Fsp3) is 0.600. The van der Waals surface area contributed by atoms with Crippen molar-refractivity contribution in [3.63, 3.8) is 0 Å². The molecule has 1 aliphatic rings. The molecule has 0 radical (unpaired) electrons. The highest BCUT2D eigenvalue weighted by molar-refractivity contribution is 14.1. The molecule has 2 atom stereocenters. The first kappa shape index (κ1) is 12.5. The van der Waals surface area contributed by atoms with E-state index in [0.29, 0.717) is 19.0 Å². The summed E-state index contributed by atoms with van der Waals surface area (Å²) in [7, 11) is 0. The molecule has 1 fully saturated rings. The lowest BCUT2D eigenvalue weighted by molar-refractivity contribution is -0.130. The van der Waals surface area contributed by atoms with E-state index in [1.807, 2.05) is 0 Å². The second-order valence-corrected chi connectivity index (χ2v) is 4.88. The molecule has 0 unspecified atom stereocenters. The number of amides is 1. The fourth-order valence-electron chi connectivity index (χ4n) is 1.67. The molecule has 0 bridgehead atoms. The van der Waals surface area contributed by atoms with E-state index in [-0.39, 0.29) is 11.9 Å². The molecule has 1 saturated heterocycles. The van der Waals surface area contributed by atoms with Crippen LogP contribution in [0.15, 0.2) is 12.7 Å². The topological polar surface area (TPSA) is 47.3 Å². The van der Waals surface area contributed by atoms with Gasteiger partial charge in [-0.15, -0.1) is 0 Å². The van der Waals surface area contributed by atoms with Gasteiger partial charge in [-0.1, -0.05) is 6.58 Å². The number of nitriles is 1. The lowest BCUT2D eigenvalue weighted by atomic mass is 10.1. The van der Waals surface area contributed by atoms with Gasteiger partial charge in [0.25, 0.3) is 0 Å². The summed E-state index contributed by atoms with van der Waals surface area (Å²) in [6.07, 6.45) is 1.70. The van der Waals surface area contributed by atoms with E-state index >= 15 is 0 Å². The molecule has 0 aromatic rings. The van der Waals surface area contributed by atoms with Gasteiger partial charge in [0.2, 0.25) is 5.91 Å². The third-order valence-corrected chi connectivity index (χ3v) is 3.89. The van der Waals surface area contributed by atoms with Crippen molar-refractivity contribution in [2.75, 3.05) is 13.1 Å². The molecule has 0 spiro atoms. The summed E-state index contributed by atoms with van der Waals surface area (Å²) < 4.78 is 2.15. The quantitative estimate of drug-likeness (QED) is 0.438. The van der Waals surface area contributed by atoms with E-state index in [1.54, 1.807) is 4.90 Å². The first-order valence-electron chi connectivity index (χ1n) is 4.82. The average Bonchev–Trinajstić information content (AvgIpc) is 2.22. The molecule has 5 heteroatoms. The van der Waals surface area contributed by atoms with E-state index in [1.165, 1.54) is 6.08 Å². The summed E-state index contributed by atoms with van der Waals surface area (Å²) in [4.78, 5) is 13.3. The van der Waals surface area contributed by atoms with Crippen molar-refractivity contribution in [3.8, 4) is 6.07 Å². The predicted octanol–water partition coefficient (Wildman–Crippen LogP) is 1.34. The molecular weight excluding hydrogens is 305 g/mol. The van der Waals surface area contributed by atoms with Crippen molar-refractivity contribution in [1.29, 1.82) is 5.26 Å². The standard InChI is InChI=1S/C10H14IN3O/c1-3-10(15)13-6-8(2)14(11)7-9(13)4-5-12/h3,8-9H,1,4,6-7H2,2H3/t8-,9+/m1/s1. The maximum absolute atomic E-state index is 11.6. The molecule has 82 valence electrons. The molecule has 0 N–H and O–H groups in total. The van der Waals surface area contributed by atoms with Gasteiger partial charge in [-0.3, -0.25) is 4.79 Å². The van der Waals surface area contributed by atoms with Crippen LogP contribution in [0.1, 0.15) is 13.3 Å². The van der Waals surface area contributed by atoms with Crippen LogP contribution in [0.2, 0.25) is 0 Å². The lowest BCUT2D eigenvalue weighted by Crippen LogP contribution is -2.55. The van der Waals surface area contributed by atoms with Crippen molar-refractivity contribution in [2.45, 2.75) is 25.4 Å². The molecule has 1 heterocycles. The van der Waals surface area contributed by atoms with Crippen LogP contribution in [0.4, 0.5) is 0 Å². The van der Waals surface area contributed by atoms with Crippen molar-refractivity contribution in [3.05, 3.63) is 12.7 Å². The largest absolute Gasteiger partial charge is 0.332 e. The van der Waals surface area contributed by atoms with E-state index < -0.39 is 0 Å². The molecule has 0 aromatic carbocycles. The third kappa shape index (κ3) is 2.92. The van der Waals surface area contributed by atoms with Crippen LogP contribution in [-0.4, -0.2) is 39.1 Å². The Labute approximate surface area is 104 Å². The fourth-order valence-corrected chi connectivity index (χ4v) is 2.30. The maximum Gasteiger partial charge on any atom is 0.246 e. The first-order valence-corrected chi connectivity index (χ1v) is 5.79. The number of rotatable bonds is 2. The molecule has 0 saturated carbocycles. The molecule has 15 heavy (non-hydrogen) atoms. The zero-order chi connectivity index (χ0) is 11.4. The Hall–Kier alpha value is -0.610. The van der Waals surface area contributed by atoms with E-state index in [2.05, 4.69) is 45.5 Å². The highest BCUT2D eigenvalue weighted by Gasteiger charge is 2.32. The molecule has 0 aliphatic carbocycles. The van der Waals surface area contributed by atoms with Gasteiger partial charge >= 0.3 is 0 Å². The molecule has 4 nitrogen and oxygen atoms in total. The van der Waals surface area contributed by atoms with Crippen molar-refractivity contribution in [1.82, 2.24) is 8.01 Å². The van der Waals surface area contributed by atoms with Gasteiger partial charge in [0, 0.05) is 42.0 Å². The Morgan fingerprint density at radius 1 is 1.73 bits per heavy atom. The molecule has 1 rings (SSSR count). The van der Waals surface area contributed by atoms with Crippen LogP contribution >= 0.6 is 22.9 Å². The van der Waals surface area contributed by atoms with Crippen LogP contribution in [0.5, 0.6) is 0 Å². The van der Waals surface area contributed by atoms with Gasteiger partial charge in [0.05, 0.1) is 18.5 Å². The molecular formula is C10H14IN3O. The van der Waals surface area contributed by atoms with Crippen LogP contribution in [-0.2, 0) is 4.79 Å². The minimum absolute atomic E-state index is 0.00593. The van der Waals surface area contributed by atoms with E-state index in [9.17, 15) is 4.79 Å². The SMILES string of the molecule is C=CC(=O)N1C[C@@H](C)N(I)C[C@@H]1CC#N. The number of halogens is 1. The maximum atomic E-state index is 11.6. The summed E-state index contributed by atoms with van der Waals surface area (Å²) in [5.41, 5.74) is 0. The summed E-state index contributed by atoms with van der Waals surface area (Å²) in [6, 6.07) is 2.44. The van der Waals surface area contributed by atoms with E-state index in [0.717, 1.165) is 6.54 Å². The second kappa shape index (κ2) is 5.47. The van der Waals surface area contributed by atoms with Crippen LogP contribution in [0.25, 0.3) is 0 Å². The first-order chi connectivity index (χ1) is 7.10. The molecule has 1 amide bonds. The third-order valence-electron chi connectivity index (χ3n) is 2.55. The monoisotopic (exact) mass is 319 g/mol. The Bertz CT molecular complexity index is 300. The zero-order valence-electron chi connectivity index (χ0n) is 8.69. The Morgan fingerprint density at radius 3 is 2.93 bits per heavy atom. The van der Waals surface area contributed by atoms with Gasteiger partial charge < -0.3 is 4.90 Å². The number of carbonyl (C=O) groups is 1. The number of piperazine rings is 1. The van der Waals surface area contributed by atoms with Crippen molar-refractivity contribution >= 4 is 28.8 Å². The van der Waals surface area contributed by atoms with Crippen LogP contribution in [0, 0.1) is 11.3 Å². The summed E-state index contributed by atoms with van der Waals surface area (Å²) >= 11 is 2.24. The minimum atomic E-state index is -0.0772. The zero-order valence-corrected chi connectivity index (χ0v) is 10.8. The van der Waals surface area contributed by atoms with Crippen LogP contribution < -0.4 is 0 Å². The summed E-state index contributed by atoms with van der Waals surface area (Å²) in [5.74, 6) is -0.0772. The predicted molar refractivity (Wildman–Crippen MR) is 66.1 cm³/mol. The van der Waals surface area contributed by atoms with Crippen molar-refractivity contribution in [2.24, 2.45) is 0 Å². The number of hydrogen-bond acceptors (Lipinski definition) is 3. The van der Waals surface area contributed by atoms with Gasteiger partial charge in [0.1, 0.15) is 0 Å². The Balaban J connectivity index is 2.77. The Kier molecular flexibility index (Phi) is 4.54. The summed E-state index contributed by atoms with van der Waals surface area (Å²) in [6.45, 7) is 6.96.